The van der Waals surface area contributed by atoms with Gasteiger partial charge < -0.3 is 16.0 Å². The van der Waals surface area contributed by atoms with Gasteiger partial charge in [-0.15, -0.1) is 0 Å². The number of hydrogen-bond acceptors (Lipinski definition) is 3. The number of para-hydroxylation sites is 1. The molecule has 2 unspecified atom stereocenters. The highest BCUT2D eigenvalue weighted by Crippen LogP contribution is 2.35. The monoisotopic (exact) mass is 267 g/mol. The summed E-state index contributed by atoms with van der Waals surface area (Å²) in [6, 6.07) is 6.49. The van der Waals surface area contributed by atoms with Gasteiger partial charge in [-0.25, -0.2) is 0 Å². The maximum Gasteiger partial charge on any atom is 0.0786 e. The first kappa shape index (κ1) is 13.5. The van der Waals surface area contributed by atoms with E-state index in [0.717, 1.165) is 22.9 Å². The summed E-state index contributed by atoms with van der Waals surface area (Å²) in [5, 5.41) is 4.41. The van der Waals surface area contributed by atoms with E-state index >= 15 is 0 Å². The van der Waals surface area contributed by atoms with Gasteiger partial charge in [0.15, 0.2) is 0 Å². The van der Waals surface area contributed by atoms with E-state index in [1.807, 2.05) is 26.2 Å². The number of rotatable bonds is 4. The van der Waals surface area contributed by atoms with Crippen molar-refractivity contribution >= 4 is 23.0 Å². The number of anilines is 2. The van der Waals surface area contributed by atoms with Gasteiger partial charge in [0.2, 0.25) is 0 Å². The summed E-state index contributed by atoms with van der Waals surface area (Å²) in [4.78, 5) is 2.05. The van der Waals surface area contributed by atoms with Crippen LogP contribution in [-0.2, 0) is 0 Å². The van der Waals surface area contributed by atoms with E-state index in [1.54, 1.807) is 0 Å². The van der Waals surface area contributed by atoms with Crippen molar-refractivity contribution in [3.63, 3.8) is 0 Å². The molecule has 2 rings (SSSR count). The second kappa shape index (κ2) is 5.81. The predicted molar refractivity (Wildman–Crippen MR) is 79.6 cm³/mol. The lowest BCUT2D eigenvalue weighted by molar-refractivity contribution is 0.516. The molecule has 0 aromatic heterocycles. The highest BCUT2D eigenvalue weighted by atomic mass is 35.5. The van der Waals surface area contributed by atoms with Gasteiger partial charge in [-0.05, 0) is 37.4 Å². The molecular formula is C14H22ClN3. The molecule has 3 N–H and O–H groups in total. The molecule has 0 saturated heterocycles. The van der Waals surface area contributed by atoms with Crippen LogP contribution >= 0.6 is 11.6 Å². The Bertz CT molecular complexity index is 406. The molecule has 1 aliphatic carbocycles. The van der Waals surface area contributed by atoms with E-state index in [2.05, 4.69) is 16.3 Å². The zero-order chi connectivity index (χ0) is 13.1. The fourth-order valence-corrected chi connectivity index (χ4v) is 3.14. The van der Waals surface area contributed by atoms with Crippen LogP contribution in [0.3, 0.4) is 0 Å². The predicted octanol–water partition coefficient (Wildman–Crippen LogP) is 2.95. The topological polar surface area (TPSA) is 41.3 Å². The quantitative estimate of drug-likeness (QED) is 0.881. The second-order valence-electron chi connectivity index (χ2n) is 5.21. The Morgan fingerprint density at radius 3 is 2.83 bits per heavy atom. The largest absolute Gasteiger partial charge is 0.380 e. The highest BCUT2D eigenvalue weighted by Gasteiger charge is 2.26. The first-order valence-corrected chi connectivity index (χ1v) is 6.93. The molecule has 1 aromatic rings. The molecule has 1 saturated carbocycles. The first-order valence-electron chi connectivity index (χ1n) is 6.56. The van der Waals surface area contributed by atoms with E-state index in [1.165, 1.54) is 19.3 Å². The molecule has 1 aliphatic rings. The average Bonchev–Trinajstić information content (AvgIpc) is 2.76. The Hall–Kier alpha value is -0.930. The van der Waals surface area contributed by atoms with Gasteiger partial charge in [0, 0.05) is 20.1 Å². The van der Waals surface area contributed by atoms with Crippen LogP contribution in [0.4, 0.5) is 11.4 Å². The zero-order valence-corrected chi connectivity index (χ0v) is 11.9. The molecule has 0 aliphatic heterocycles. The van der Waals surface area contributed by atoms with Gasteiger partial charge in [0.25, 0.3) is 0 Å². The lowest BCUT2D eigenvalue weighted by atomic mass is 10.0. The molecular weight excluding hydrogens is 246 g/mol. The maximum absolute atomic E-state index is 6.27. The Morgan fingerprint density at radius 2 is 2.17 bits per heavy atom. The van der Waals surface area contributed by atoms with Gasteiger partial charge in [0.05, 0.1) is 16.4 Å². The number of nitrogens with zero attached hydrogens (tertiary/aromatic N) is 1. The lowest BCUT2D eigenvalue weighted by Crippen LogP contribution is -2.30. The Balaban J connectivity index is 2.21. The summed E-state index contributed by atoms with van der Waals surface area (Å²) in [5.74, 6) is 0.582. The summed E-state index contributed by atoms with van der Waals surface area (Å²) in [6.07, 6.45) is 3.69. The van der Waals surface area contributed by atoms with E-state index in [4.69, 9.17) is 17.3 Å². The molecule has 1 aromatic carbocycles. The minimum Gasteiger partial charge on any atom is -0.380 e. The van der Waals surface area contributed by atoms with Crippen molar-refractivity contribution in [1.29, 1.82) is 0 Å². The van der Waals surface area contributed by atoms with Crippen LogP contribution in [0.25, 0.3) is 0 Å². The van der Waals surface area contributed by atoms with Crippen molar-refractivity contribution in [3.8, 4) is 0 Å². The minimum absolute atomic E-state index is 0.479. The molecule has 4 heteroatoms. The van der Waals surface area contributed by atoms with Crippen LogP contribution in [0, 0.1) is 5.92 Å². The Labute approximate surface area is 114 Å². The van der Waals surface area contributed by atoms with Crippen molar-refractivity contribution in [3.05, 3.63) is 23.2 Å². The standard InChI is InChI=1S/C14H22ClN3/c1-18(2)14-11(15)6-4-8-13(14)17-12-7-3-5-10(12)9-16/h4,6,8,10,12,17H,3,5,7,9,16H2,1-2H3. The third-order valence-corrected chi connectivity index (χ3v) is 4.04. The zero-order valence-electron chi connectivity index (χ0n) is 11.1. The van der Waals surface area contributed by atoms with Crippen molar-refractivity contribution in [2.24, 2.45) is 11.7 Å². The molecule has 3 nitrogen and oxygen atoms in total. The van der Waals surface area contributed by atoms with E-state index in [-0.39, 0.29) is 0 Å². The number of nitrogens with one attached hydrogen (secondary N) is 1. The van der Waals surface area contributed by atoms with Crippen molar-refractivity contribution in [2.75, 3.05) is 30.9 Å². The Morgan fingerprint density at radius 1 is 1.39 bits per heavy atom. The van der Waals surface area contributed by atoms with Crippen LogP contribution in [0.1, 0.15) is 19.3 Å². The fourth-order valence-electron chi connectivity index (χ4n) is 2.80. The van der Waals surface area contributed by atoms with E-state index < -0.39 is 0 Å². The molecule has 1 fully saturated rings. The maximum atomic E-state index is 6.27. The SMILES string of the molecule is CN(C)c1c(Cl)cccc1NC1CCCC1CN. The number of nitrogens with two attached hydrogens (primary N) is 1. The number of benzene rings is 1. The molecule has 18 heavy (non-hydrogen) atoms. The molecule has 0 radical (unpaired) electrons. The van der Waals surface area contributed by atoms with Crippen molar-refractivity contribution < 1.29 is 0 Å². The van der Waals surface area contributed by atoms with Gasteiger partial charge in [0.1, 0.15) is 0 Å². The summed E-state index contributed by atoms with van der Waals surface area (Å²) in [7, 11) is 4.03. The third-order valence-electron chi connectivity index (χ3n) is 3.74. The molecule has 0 spiro atoms. The van der Waals surface area contributed by atoms with Crippen molar-refractivity contribution in [1.82, 2.24) is 0 Å². The lowest BCUT2D eigenvalue weighted by Gasteiger charge is -2.25. The molecule has 0 amide bonds. The average molecular weight is 268 g/mol. The second-order valence-corrected chi connectivity index (χ2v) is 5.62. The van der Waals surface area contributed by atoms with Crippen LogP contribution < -0.4 is 16.0 Å². The van der Waals surface area contributed by atoms with Gasteiger partial charge in [-0.3, -0.25) is 0 Å². The third kappa shape index (κ3) is 2.73. The van der Waals surface area contributed by atoms with Gasteiger partial charge in [-0.2, -0.15) is 0 Å². The van der Waals surface area contributed by atoms with Gasteiger partial charge in [-0.1, -0.05) is 24.1 Å². The van der Waals surface area contributed by atoms with Crippen molar-refractivity contribution in [2.45, 2.75) is 25.3 Å². The Kier molecular flexibility index (Phi) is 4.36. The number of hydrogen-bond donors (Lipinski definition) is 2. The summed E-state index contributed by atoms with van der Waals surface area (Å²) in [6.45, 7) is 0.759. The van der Waals surface area contributed by atoms with Crippen LogP contribution in [-0.4, -0.2) is 26.7 Å². The molecule has 0 heterocycles. The fraction of sp³-hybridized carbons (Fsp3) is 0.571. The van der Waals surface area contributed by atoms with Crippen LogP contribution in [0.15, 0.2) is 18.2 Å². The van der Waals surface area contributed by atoms with Crippen LogP contribution in [0.2, 0.25) is 5.02 Å². The first-order chi connectivity index (χ1) is 8.63. The smallest absolute Gasteiger partial charge is 0.0786 e. The van der Waals surface area contributed by atoms with Crippen LogP contribution in [0.5, 0.6) is 0 Å². The molecule has 100 valence electrons. The molecule has 2 atom stereocenters. The van der Waals surface area contributed by atoms with E-state index in [0.29, 0.717) is 12.0 Å². The number of halogens is 1. The van der Waals surface area contributed by atoms with E-state index in [9.17, 15) is 0 Å². The van der Waals surface area contributed by atoms with Gasteiger partial charge >= 0.3 is 0 Å². The summed E-state index contributed by atoms with van der Waals surface area (Å²) >= 11 is 6.27. The molecule has 0 bridgehead atoms. The normalized spacial score (nSPS) is 23.1. The summed E-state index contributed by atoms with van der Waals surface area (Å²) < 4.78 is 0. The highest BCUT2D eigenvalue weighted by molar-refractivity contribution is 6.34. The summed E-state index contributed by atoms with van der Waals surface area (Å²) in [5.41, 5.74) is 8.00. The minimum atomic E-state index is 0.479.